The molecule has 0 spiro atoms. The molecule has 1 aromatic carbocycles. The summed E-state index contributed by atoms with van der Waals surface area (Å²) < 4.78 is 24.4. The van der Waals surface area contributed by atoms with Crippen molar-refractivity contribution in [3.63, 3.8) is 0 Å². The van der Waals surface area contributed by atoms with Crippen LogP contribution < -0.4 is 5.32 Å². The predicted octanol–water partition coefficient (Wildman–Crippen LogP) is 3.91. The lowest BCUT2D eigenvalue weighted by molar-refractivity contribution is 0.102. The van der Waals surface area contributed by atoms with Crippen LogP contribution in [0.25, 0.3) is 0 Å². The summed E-state index contributed by atoms with van der Waals surface area (Å²) in [6.07, 6.45) is 5.30. The van der Waals surface area contributed by atoms with Crippen LogP contribution in [-0.4, -0.2) is 22.9 Å². The van der Waals surface area contributed by atoms with Crippen molar-refractivity contribution in [3.8, 4) is 0 Å². The van der Waals surface area contributed by atoms with E-state index >= 15 is 0 Å². The highest BCUT2D eigenvalue weighted by atomic mass is 19.1. The van der Waals surface area contributed by atoms with Gasteiger partial charge >= 0.3 is 0 Å². The summed E-state index contributed by atoms with van der Waals surface area (Å²) in [5.41, 5.74) is 1.95. The third kappa shape index (κ3) is 3.32. The number of carbonyl (C=O) groups excluding carboxylic acids is 1. The molecule has 24 heavy (non-hydrogen) atoms. The van der Waals surface area contributed by atoms with Crippen LogP contribution in [0.3, 0.4) is 0 Å². The Kier molecular flexibility index (Phi) is 4.64. The van der Waals surface area contributed by atoms with Crippen LogP contribution in [-0.2, 0) is 7.05 Å². The highest BCUT2D eigenvalue weighted by molar-refractivity contribution is 6.04. The number of amides is 1. The van der Waals surface area contributed by atoms with Crippen molar-refractivity contribution in [2.24, 2.45) is 18.9 Å². The van der Waals surface area contributed by atoms with Gasteiger partial charge in [-0.15, -0.1) is 5.10 Å². The number of nitrogens with zero attached hydrogens (tertiary/aromatic N) is 2. The Morgan fingerprint density at radius 1 is 1.29 bits per heavy atom. The molecule has 1 heterocycles. The first-order chi connectivity index (χ1) is 11.6. The van der Waals surface area contributed by atoms with Crippen molar-refractivity contribution in [3.05, 3.63) is 47.5 Å². The maximum absolute atomic E-state index is 13.6. The second-order valence-corrected chi connectivity index (χ2v) is 6.39. The van der Waals surface area contributed by atoms with Crippen molar-refractivity contribution < 1.29 is 13.6 Å². The Labute approximate surface area is 139 Å². The molecule has 1 amide bonds. The number of aryl methyl sites for hydroxylation is 1. The molecule has 2 aromatic rings. The summed E-state index contributed by atoms with van der Waals surface area (Å²) in [7, 11) is 2.10. The number of alkyl halides is 1. The van der Waals surface area contributed by atoms with E-state index in [1.807, 2.05) is 18.2 Å². The fourth-order valence-corrected chi connectivity index (χ4v) is 3.36. The highest BCUT2D eigenvalue weighted by Crippen LogP contribution is 2.60. The maximum atomic E-state index is 13.6. The number of aromatic nitrogens is 2. The van der Waals surface area contributed by atoms with Gasteiger partial charge in [-0.3, -0.25) is 13.9 Å². The van der Waals surface area contributed by atoms with Gasteiger partial charge in [0.05, 0.1) is 7.18 Å². The number of hydrogen-bond acceptors (Lipinski definition) is 2. The zero-order valence-corrected chi connectivity index (χ0v) is 13.8. The standard InChI is InChI=1S/C17H18FN3O.CH3F/c1-21-9-14(16(18)20-21)17(22)19-15-5-3-2-4-11(15)13-8-12(13)10-6-7-10;1-2/h2-5,9-10,12-13H,6-8H2,1H3,(H,19,22);1H3. The highest BCUT2D eigenvalue weighted by Gasteiger charge is 2.48. The molecule has 0 bridgehead atoms. The van der Waals surface area contributed by atoms with E-state index in [9.17, 15) is 13.6 Å². The van der Waals surface area contributed by atoms with Crippen molar-refractivity contribution in [1.29, 1.82) is 0 Å². The average Bonchev–Trinajstić information content (AvgIpc) is 3.46. The molecule has 6 heteroatoms. The molecule has 128 valence electrons. The van der Waals surface area contributed by atoms with Gasteiger partial charge < -0.3 is 5.32 Å². The molecule has 2 unspecified atom stereocenters. The van der Waals surface area contributed by atoms with Gasteiger partial charge in [-0.05, 0) is 48.6 Å². The molecule has 0 radical (unpaired) electrons. The molecule has 2 aliphatic rings. The molecule has 1 N–H and O–H groups in total. The lowest BCUT2D eigenvalue weighted by Gasteiger charge is -2.10. The lowest BCUT2D eigenvalue weighted by Crippen LogP contribution is -2.14. The van der Waals surface area contributed by atoms with Gasteiger partial charge in [0.25, 0.3) is 5.91 Å². The summed E-state index contributed by atoms with van der Waals surface area (Å²) in [4.78, 5) is 12.3. The summed E-state index contributed by atoms with van der Waals surface area (Å²) in [6.45, 7) is 0. The first-order valence-electron chi connectivity index (χ1n) is 8.10. The number of rotatable bonds is 4. The molecule has 0 saturated heterocycles. The second-order valence-electron chi connectivity index (χ2n) is 6.39. The SMILES string of the molecule is CF.Cn1cc(C(=O)Nc2ccccc2C2CC2C2CC2)c(F)n1. The van der Waals surface area contributed by atoms with Crippen LogP contribution in [0.1, 0.15) is 41.1 Å². The molecule has 2 fully saturated rings. The quantitative estimate of drug-likeness (QED) is 0.922. The number of para-hydroxylation sites is 1. The Hall–Kier alpha value is -2.24. The number of carbonyl (C=O) groups is 1. The van der Waals surface area contributed by atoms with Gasteiger partial charge in [0, 0.05) is 18.9 Å². The lowest BCUT2D eigenvalue weighted by atomic mass is 10.0. The zero-order valence-electron chi connectivity index (χ0n) is 13.8. The minimum atomic E-state index is -0.736. The number of anilines is 1. The van der Waals surface area contributed by atoms with E-state index in [0.29, 0.717) is 13.1 Å². The maximum Gasteiger partial charge on any atom is 0.261 e. The summed E-state index contributed by atoms with van der Waals surface area (Å²) in [6, 6.07) is 7.86. The fourth-order valence-electron chi connectivity index (χ4n) is 3.36. The van der Waals surface area contributed by atoms with E-state index in [0.717, 1.165) is 17.5 Å². The average molecular weight is 333 g/mol. The van der Waals surface area contributed by atoms with Crippen molar-refractivity contribution in [1.82, 2.24) is 9.78 Å². The fraction of sp³-hybridized carbons (Fsp3) is 0.444. The molecule has 2 atom stereocenters. The van der Waals surface area contributed by atoms with E-state index in [4.69, 9.17) is 0 Å². The molecule has 2 saturated carbocycles. The minimum Gasteiger partial charge on any atom is -0.322 e. The van der Waals surface area contributed by atoms with E-state index in [1.165, 1.54) is 35.7 Å². The minimum absolute atomic E-state index is 0.0214. The van der Waals surface area contributed by atoms with Gasteiger partial charge in [0.2, 0.25) is 5.95 Å². The summed E-state index contributed by atoms with van der Waals surface area (Å²) in [5.74, 6) is 1.02. The van der Waals surface area contributed by atoms with Gasteiger partial charge in [0.1, 0.15) is 5.56 Å². The second kappa shape index (κ2) is 6.71. The Morgan fingerprint density at radius 3 is 2.62 bits per heavy atom. The van der Waals surface area contributed by atoms with Gasteiger partial charge in [-0.25, -0.2) is 0 Å². The molecule has 4 rings (SSSR count). The van der Waals surface area contributed by atoms with Gasteiger partial charge in [0.15, 0.2) is 0 Å². The van der Waals surface area contributed by atoms with E-state index in [-0.39, 0.29) is 5.56 Å². The van der Waals surface area contributed by atoms with Gasteiger partial charge in [-0.2, -0.15) is 4.39 Å². The summed E-state index contributed by atoms with van der Waals surface area (Å²) >= 11 is 0. The molecule has 1 aromatic heterocycles. The van der Waals surface area contributed by atoms with Crippen LogP contribution in [0.4, 0.5) is 14.5 Å². The van der Waals surface area contributed by atoms with Crippen LogP contribution in [0.5, 0.6) is 0 Å². The van der Waals surface area contributed by atoms with Crippen LogP contribution in [0.2, 0.25) is 0 Å². The van der Waals surface area contributed by atoms with Gasteiger partial charge in [-0.1, -0.05) is 18.2 Å². The van der Waals surface area contributed by atoms with Crippen LogP contribution in [0, 0.1) is 17.8 Å². The molecular formula is C18H21F2N3O. The number of nitrogens with one attached hydrogen (secondary N) is 1. The normalized spacial score (nSPS) is 21.7. The van der Waals surface area contributed by atoms with Crippen LogP contribution >= 0.6 is 0 Å². The number of hydrogen-bond donors (Lipinski definition) is 1. The Morgan fingerprint density at radius 2 is 2.00 bits per heavy atom. The van der Waals surface area contributed by atoms with Crippen molar-refractivity contribution in [2.45, 2.75) is 25.2 Å². The van der Waals surface area contributed by atoms with Crippen molar-refractivity contribution >= 4 is 11.6 Å². The molecular weight excluding hydrogens is 312 g/mol. The van der Waals surface area contributed by atoms with E-state index < -0.39 is 11.9 Å². The third-order valence-corrected chi connectivity index (χ3v) is 4.70. The first kappa shape index (κ1) is 16.6. The summed E-state index contributed by atoms with van der Waals surface area (Å²) in [5, 5.41) is 6.43. The Bertz CT molecular complexity index is 740. The molecule has 2 aliphatic carbocycles. The van der Waals surface area contributed by atoms with Crippen molar-refractivity contribution in [2.75, 3.05) is 12.5 Å². The first-order valence-corrected chi connectivity index (χ1v) is 8.10. The van der Waals surface area contributed by atoms with E-state index in [2.05, 4.69) is 16.5 Å². The van der Waals surface area contributed by atoms with E-state index in [1.54, 1.807) is 7.05 Å². The molecule has 0 aliphatic heterocycles. The third-order valence-electron chi connectivity index (χ3n) is 4.70. The predicted molar refractivity (Wildman–Crippen MR) is 88.2 cm³/mol. The Balaban J connectivity index is 0.000000815. The number of halogens is 2. The monoisotopic (exact) mass is 333 g/mol. The largest absolute Gasteiger partial charge is 0.322 e. The topological polar surface area (TPSA) is 46.9 Å². The molecule has 4 nitrogen and oxygen atoms in total. The number of benzene rings is 1. The zero-order chi connectivity index (χ0) is 17.3. The van der Waals surface area contributed by atoms with Crippen LogP contribution in [0.15, 0.2) is 30.5 Å². The smallest absolute Gasteiger partial charge is 0.261 e.